The van der Waals surface area contributed by atoms with Crippen LogP contribution in [0, 0.1) is 11.8 Å². The first kappa shape index (κ1) is 17.4. The summed E-state index contributed by atoms with van der Waals surface area (Å²) in [5.41, 5.74) is 0. The van der Waals surface area contributed by atoms with Gasteiger partial charge >= 0.3 is 0 Å². The zero-order chi connectivity index (χ0) is 12.6. The van der Waals surface area contributed by atoms with E-state index in [0.717, 1.165) is 11.8 Å². The fourth-order valence-corrected chi connectivity index (χ4v) is 1.54. The maximum atomic E-state index is 2.33. The first-order valence-corrected chi connectivity index (χ1v) is 6.40. The minimum Gasteiger partial charge on any atom is -0.302 e. The Balaban J connectivity index is 0. The highest BCUT2D eigenvalue weighted by atomic mass is 15.1. The Morgan fingerprint density at radius 3 is 0.933 bits per heavy atom. The van der Waals surface area contributed by atoms with E-state index in [1.165, 1.54) is 6.42 Å². The molecule has 0 atom stereocenters. The average Bonchev–Trinajstić information content (AvgIpc) is 2.00. The monoisotopic (exact) mass is 215 g/mol. The molecule has 0 N–H and O–H groups in total. The van der Waals surface area contributed by atoms with Gasteiger partial charge in [-0.05, 0) is 53.0 Å². The van der Waals surface area contributed by atoms with E-state index in [1.54, 1.807) is 0 Å². The molecule has 0 bridgehead atoms. The minimum atomic E-state index is 0.676. The molecular weight excluding hydrogens is 182 g/mol. The van der Waals surface area contributed by atoms with E-state index >= 15 is 0 Å². The van der Waals surface area contributed by atoms with Crippen molar-refractivity contribution in [2.75, 3.05) is 7.05 Å². The number of rotatable bonds is 4. The van der Waals surface area contributed by atoms with E-state index in [1.807, 2.05) is 0 Å². The molecule has 15 heavy (non-hydrogen) atoms. The maximum Gasteiger partial charge on any atom is 0.00382 e. The van der Waals surface area contributed by atoms with Crippen molar-refractivity contribution in [3.8, 4) is 0 Å². The van der Waals surface area contributed by atoms with Crippen LogP contribution in [-0.2, 0) is 0 Å². The van der Waals surface area contributed by atoms with E-state index in [9.17, 15) is 0 Å². The highest BCUT2D eigenvalue weighted by Crippen LogP contribution is 2.08. The van der Waals surface area contributed by atoms with Crippen LogP contribution in [0.1, 0.15) is 61.8 Å². The summed E-state index contributed by atoms with van der Waals surface area (Å²) >= 11 is 0. The highest BCUT2D eigenvalue weighted by molar-refractivity contribution is 4.60. The van der Waals surface area contributed by atoms with E-state index < -0.39 is 0 Å². The minimum absolute atomic E-state index is 0.676. The Bertz CT molecular complexity index is 111. The number of nitrogens with zero attached hydrogens (tertiary/aromatic N) is 1. The molecule has 0 rings (SSSR count). The quantitative estimate of drug-likeness (QED) is 0.671. The van der Waals surface area contributed by atoms with Gasteiger partial charge in [-0.15, -0.1) is 0 Å². The van der Waals surface area contributed by atoms with Crippen LogP contribution in [0.3, 0.4) is 0 Å². The summed E-state index contributed by atoms with van der Waals surface area (Å²) in [6.45, 7) is 17.9. The second-order valence-corrected chi connectivity index (χ2v) is 5.88. The molecule has 0 unspecified atom stereocenters. The van der Waals surface area contributed by atoms with Crippen molar-refractivity contribution in [3.05, 3.63) is 0 Å². The third kappa shape index (κ3) is 14.0. The molecule has 0 fully saturated rings. The van der Waals surface area contributed by atoms with Crippen molar-refractivity contribution >= 4 is 0 Å². The van der Waals surface area contributed by atoms with Crippen LogP contribution in [0.15, 0.2) is 0 Å². The lowest BCUT2D eigenvalue weighted by Gasteiger charge is -2.24. The Morgan fingerprint density at radius 2 is 0.933 bits per heavy atom. The summed E-state index contributed by atoms with van der Waals surface area (Å²) in [4.78, 5) is 2.33. The molecule has 0 aliphatic rings. The Morgan fingerprint density at radius 1 is 0.667 bits per heavy atom. The van der Waals surface area contributed by atoms with Crippen molar-refractivity contribution in [1.29, 1.82) is 0 Å². The molecule has 0 aromatic rings. The Kier molecular flexibility index (Phi) is 10.7. The van der Waals surface area contributed by atoms with Gasteiger partial charge in [-0.25, -0.2) is 0 Å². The van der Waals surface area contributed by atoms with Gasteiger partial charge in [0.05, 0.1) is 0 Å². The lowest BCUT2D eigenvalue weighted by atomic mass is 10.0. The molecule has 0 saturated heterocycles. The van der Waals surface area contributed by atoms with Gasteiger partial charge in [0.2, 0.25) is 0 Å². The van der Waals surface area contributed by atoms with Crippen molar-refractivity contribution in [3.63, 3.8) is 0 Å². The first-order valence-electron chi connectivity index (χ1n) is 6.40. The molecule has 0 aliphatic heterocycles. The summed E-state index contributed by atoms with van der Waals surface area (Å²) in [7, 11) is 2.15. The zero-order valence-electron chi connectivity index (χ0n) is 12.5. The predicted molar refractivity (Wildman–Crippen MR) is 72.3 cm³/mol. The van der Waals surface area contributed by atoms with Gasteiger partial charge in [-0.1, -0.05) is 27.7 Å². The third-order valence-corrected chi connectivity index (χ3v) is 2.57. The average molecular weight is 215 g/mol. The molecule has 1 nitrogen and oxygen atoms in total. The van der Waals surface area contributed by atoms with Gasteiger partial charge in [0, 0.05) is 12.1 Å². The summed E-state index contributed by atoms with van der Waals surface area (Å²) < 4.78 is 0. The summed E-state index contributed by atoms with van der Waals surface area (Å²) in [5, 5.41) is 0. The van der Waals surface area contributed by atoms with E-state index in [2.05, 4.69) is 67.3 Å². The summed E-state index contributed by atoms with van der Waals surface area (Å²) in [6.07, 6.45) is 1.36. The van der Waals surface area contributed by atoms with Crippen molar-refractivity contribution < 1.29 is 0 Å². The molecule has 0 heterocycles. The number of hydrogen-bond acceptors (Lipinski definition) is 1. The maximum absolute atomic E-state index is 2.33. The van der Waals surface area contributed by atoms with Crippen molar-refractivity contribution in [1.82, 2.24) is 4.90 Å². The van der Waals surface area contributed by atoms with Crippen LogP contribution < -0.4 is 0 Å². The van der Waals surface area contributed by atoms with Crippen LogP contribution in [0.2, 0.25) is 0 Å². The summed E-state index contributed by atoms with van der Waals surface area (Å²) in [5.74, 6) is 1.75. The molecule has 0 spiro atoms. The van der Waals surface area contributed by atoms with Crippen molar-refractivity contribution in [2.45, 2.75) is 73.9 Å². The fraction of sp³-hybridized carbons (Fsp3) is 1.00. The number of hydrogen-bond donors (Lipinski definition) is 0. The second-order valence-electron chi connectivity index (χ2n) is 5.88. The van der Waals surface area contributed by atoms with E-state index in [4.69, 9.17) is 0 Å². The van der Waals surface area contributed by atoms with Gasteiger partial charge in [-0.2, -0.15) is 0 Å². The third-order valence-electron chi connectivity index (χ3n) is 2.57. The molecular formula is C14H33N. The molecule has 0 saturated carbocycles. The van der Waals surface area contributed by atoms with E-state index in [-0.39, 0.29) is 0 Å². The van der Waals surface area contributed by atoms with E-state index in [0.29, 0.717) is 12.1 Å². The Labute approximate surface area is 98.2 Å². The van der Waals surface area contributed by atoms with Crippen LogP contribution >= 0.6 is 0 Å². The largest absolute Gasteiger partial charge is 0.302 e. The van der Waals surface area contributed by atoms with Crippen molar-refractivity contribution in [2.24, 2.45) is 11.8 Å². The molecule has 1 heteroatoms. The van der Waals surface area contributed by atoms with Gasteiger partial charge < -0.3 is 4.90 Å². The standard InChI is InChI=1S/C7H17N.C7H16/c1-6(2)8(5)7(3)4;1-6(2)5-7(3)4/h6-7H,1-5H3;6-7H,5H2,1-4H3. The topological polar surface area (TPSA) is 3.24 Å². The lowest BCUT2D eigenvalue weighted by molar-refractivity contribution is 0.222. The molecule has 0 aromatic carbocycles. The molecule has 0 aromatic heterocycles. The van der Waals surface area contributed by atoms with Gasteiger partial charge in [0.1, 0.15) is 0 Å². The normalized spacial score (nSPS) is 11.6. The second kappa shape index (κ2) is 9.21. The van der Waals surface area contributed by atoms with Gasteiger partial charge in [-0.3, -0.25) is 0 Å². The SMILES string of the molecule is CC(C)CC(C)C.CC(C)N(C)C(C)C. The van der Waals surface area contributed by atoms with Gasteiger partial charge in [0.15, 0.2) is 0 Å². The molecule has 94 valence electrons. The smallest absolute Gasteiger partial charge is 0.00382 e. The lowest BCUT2D eigenvalue weighted by Crippen LogP contribution is -2.32. The molecule has 0 amide bonds. The zero-order valence-corrected chi connectivity index (χ0v) is 12.5. The van der Waals surface area contributed by atoms with Crippen LogP contribution in [0.5, 0.6) is 0 Å². The fourth-order valence-electron chi connectivity index (χ4n) is 1.54. The molecule has 0 aliphatic carbocycles. The predicted octanol–water partition coefficient (Wildman–Crippen LogP) is 4.42. The highest BCUT2D eigenvalue weighted by Gasteiger charge is 2.04. The Hall–Kier alpha value is -0.0400. The first-order chi connectivity index (χ1) is 6.68. The van der Waals surface area contributed by atoms with Gasteiger partial charge in [0.25, 0.3) is 0 Å². The summed E-state index contributed by atoms with van der Waals surface area (Å²) in [6, 6.07) is 1.35. The van der Waals surface area contributed by atoms with Crippen LogP contribution in [0.4, 0.5) is 0 Å². The molecule has 0 radical (unpaired) electrons. The van der Waals surface area contributed by atoms with Crippen LogP contribution in [0.25, 0.3) is 0 Å². The van der Waals surface area contributed by atoms with Crippen LogP contribution in [-0.4, -0.2) is 24.0 Å².